The molecule has 222 valence electrons. The zero-order valence-corrected chi connectivity index (χ0v) is 24.5. The van der Waals surface area contributed by atoms with Gasteiger partial charge in [0.15, 0.2) is 17.3 Å². The van der Waals surface area contributed by atoms with Crippen LogP contribution in [0.3, 0.4) is 0 Å². The third kappa shape index (κ3) is 4.69. The van der Waals surface area contributed by atoms with Crippen LogP contribution in [0, 0.1) is 11.8 Å². The van der Waals surface area contributed by atoms with Crippen molar-refractivity contribution in [3.05, 3.63) is 48.3 Å². The molecule has 1 atom stereocenters. The van der Waals surface area contributed by atoms with Gasteiger partial charge in [0.25, 0.3) is 0 Å². The van der Waals surface area contributed by atoms with Gasteiger partial charge in [-0.15, -0.1) is 0 Å². The van der Waals surface area contributed by atoms with Gasteiger partial charge in [0.05, 0.1) is 19.7 Å². The molecule has 2 aliphatic heterocycles. The summed E-state index contributed by atoms with van der Waals surface area (Å²) in [4.78, 5) is 18.8. The number of anilines is 2. The molecule has 4 aliphatic rings. The van der Waals surface area contributed by atoms with Crippen LogP contribution in [-0.4, -0.2) is 67.3 Å². The zero-order valence-electron chi connectivity index (χ0n) is 24.5. The van der Waals surface area contributed by atoms with Gasteiger partial charge in [-0.3, -0.25) is 10.6 Å². The highest BCUT2D eigenvalue weighted by molar-refractivity contribution is 6.03. The monoisotopic (exact) mass is 571 g/mol. The SMILES string of the molecule is COc1cc2ncnc(N3NC(N)(c4ccc(N5CCN(C6C7CCCC6CCC7)CC5)cc4)N=C3N)c2cc1OC. The lowest BCUT2D eigenvalue weighted by molar-refractivity contribution is 0.0181. The average molecular weight is 572 g/mol. The number of guanidine groups is 1. The Hall–Kier alpha value is -3.67. The minimum atomic E-state index is -1.24. The van der Waals surface area contributed by atoms with Crippen LogP contribution in [0.4, 0.5) is 11.5 Å². The van der Waals surface area contributed by atoms with Crippen LogP contribution >= 0.6 is 0 Å². The van der Waals surface area contributed by atoms with Crippen LogP contribution in [0.15, 0.2) is 47.7 Å². The van der Waals surface area contributed by atoms with E-state index in [1.165, 1.54) is 50.5 Å². The molecule has 0 amide bonds. The van der Waals surface area contributed by atoms with E-state index in [0.29, 0.717) is 22.8 Å². The molecule has 5 N–H and O–H groups in total. The van der Waals surface area contributed by atoms with Gasteiger partial charge < -0.3 is 20.1 Å². The van der Waals surface area contributed by atoms with Crippen LogP contribution in [0.25, 0.3) is 10.9 Å². The third-order valence-corrected chi connectivity index (χ3v) is 9.81. The Morgan fingerprint density at radius 2 is 1.52 bits per heavy atom. The van der Waals surface area contributed by atoms with Gasteiger partial charge in [-0.25, -0.2) is 20.0 Å². The molecule has 3 aromatic rings. The predicted molar refractivity (Wildman–Crippen MR) is 164 cm³/mol. The number of aliphatic imine (C=N–C) groups is 1. The van der Waals surface area contributed by atoms with Gasteiger partial charge in [0, 0.05) is 54.9 Å². The fourth-order valence-corrected chi connectivity index (χ4v) is 7.76. The standard InChI is InChI=1S/C31H41N9O2/c1-41-26-17-24-25(18-27(26)42-2)34-19-35-29(24)40-30(32)36-31(33,37-40)22-9-11-23(12-10-22)38-13-15-39(16-14-38)28-20-5-3-6-21(28)8-4-7-20/h9-12,17-21,28,37H,3-8,13-16,33H2,1-2H3,(H2,32,36). The first-order valence-electron chi connectivity index (χ1n) is 15.2. The summed E-state index contributed by atoms with van der Waals surface area (Å²) >= 11 is 0. The first-order valence-corrected chi connectivity index (χ1v) is 15.2. The van der Waals surface area contributed by atoms with Crippen molar-refractivity contribution in [1.82, 2.24) is 20.3 Å². The van der Waals surface area contributed by atoms with Crippen molar-refractivity contribution in [2.45, 2.75) is 50.4 Å². The molecule has 2 bridgehead atoms. The summed E-state index contributed by atoms with van der Waals surface area (Å²) in [5, 5.41) is 2.32. The highest BCUT2D eigenvalue weighted by Crippen LogP contribution is 2.43. The Labute approximate surface area is 246 Å². The summed E-state index contributed by atoms with van der Waals surface area (Å²) in [6, 6.07) is 12.8. The van der Waals surface area contributed by atoms with Crippen LogP contribution in [0.1, 0.15) is 44.1 Å². The van der Waals surface area contributed by atoms with E-state index in [1.807, 2.05) is 18.2 Å². The minimum absolute atomic E-state index is 0.208. The van der Waals surface area contributed by atoms with Crippen LogP contribution < -0.4 is 36.3 Å². The van der Waals surface area contributed by atoms with Crippen molar-refractivity contribution in [2.75, 3.05) is 50.3 Å². The number of aromatic nitrogens is 2. The number of nitrogens with zero attached hydrogens (tertiary/aromatic N) is 6. The van der Waals surface area contributed by atoms with Crippen molar-refractivity contribution in [1.29, 1.82) is 0 Å². The first-order chi connectivity index (χ1) is 20.5. The van der Waals surface area contributed by atoms with E-state index in [4.69, 9.17) is 20.9 Å². The van der Waals surface area contributed by atoms with Crippen molar-refractivity contribution >= 4 is 28.4 Å². The summed E-state index contributed by atoms with van der Waals surface area (Å²) in [6.45, 7) is 4.38. The number of hydrogen-bond acceptors (Lipinski definition) is 11. The number of methoxy groups -OCH3 is 2. The Morgan fingerprint density at radius 3 is 2.17 bits per heavy atom. The Kier molecular flexibility index (Phi) is 7.03. The van der Waals surface area contributed by atoms with Gasteiger partial charge in [-0.2, -0.15) is 5.43 Å². The van der Waals surface area contributed by atoms with E-state index in [0.717, 1.165) is 55.0 Å². The zero-order chi connectivity index (χ0) is 28.8. The number of benzene rings is 2. The molecule has 0 radical (unpaired) electrons. The number of nitrogens with two attached hydrogens (primary N) is 2. The second-order valence-corrected chi connectivity index (χ2v) is 12.0. The number of piperazine rings is 1. The normalized spacial score (nSPS) is 28.2. The lowest BCUT2D eigenvalue weighted by Gasteiger charge is -2.50. The maximum atomic E-state index is 6.79. The van der Waals surface area contributed by atoms with Gasteiger partial charge in [0.2, 0.25) is 11.7 Å². The Bertz CT molecular complexity index is 1450. The molecule has 2 saturated carbocycles. The average Bonchev–Trinajstić information content (AvgIpc) is 3.34. The maximum Gasteiger partial charge on any atom is 0.215 e. The van der Waals surface area contributed by atoms with E-state index >= 15 is 0 Å². The third-order valence-electron chi connectivity index (χ3n) is 9.81. The van der Waals surface area contributed by atoms with Crippen molar-refractivity contribution < 1.29 is 9.47 Å². The molecule has 3 heterocycles. The second-order valence-electron chi connectivity index (χ2n) is 12.0. The molecule has 1 aromatic heterocycles. The Morgan fingerprint density at radius 1 is 0.881 bits per heavy atom. The quantitative estimate of drug-likeness (QED) is 0.406. The summed E-state index contributed by atoms with van der Waals surface area (Å²) in [5.74, 6) is 2.46. The summed E-state index contributed by atoms with van der Waals surface area (Å²) in [6.07, 6.45) is 10.1. The van der Waals surface area contributed by atoms with E-state index in [-0.39, 0.29) is 5.96 Å². The smallest absolute Gasteiger partial charge is 0.215 e. The number of ether oxygens (including phenoxy) is 2. The van der Waals surface area contributed by atoms with E-state index in [9.17, 15) is 0 Å². The minimum Gasteiger partial charge on any atom is -0.493 e. The molecule has 0 spiro atoms. The lowest BCUT2D eigenvalue weighted by atomic mass is 9.68. The van der Waals surface area contributed by atoms with Gasteiger partial charge in [-0.1, -0.05) is 25.0 Å². The second kappa shape index (κ2) is 10.9. The first kappa shape index (κ1) is 27.2. The van der Waals surface area contributed by atoms with Gasteiger partial charge in [-0.05, 0) is 55.7 Å². The number of rotatable bonds is 6. The molecular weight excluding hydrogens is 530 g/mol. The summed E-state index contributed by atoms with van der Waals surface area (Å²) in [5.41, 5.74) is 19.2. The molecule has 1 unspecified atom stereocenters. The molecule has 3 fully saturated rings. The molecule has 2 aromatic carbocycles. The van der Waals surface area contributed by atoms with Crippen LogP contribution in [-0.2, 0) is 5.79 Å². The van der Waals surface area contributed by atoms with Crippen molar-refractivity contribution in [2.24, 2.45) is 28.3 Å². The molecular formula is C31H41N9O2. The van der Waals surface area contributed by atoms with E-state index < -0.39 is 5.79 Å². The number of hydrazine groups is 1. The van der Waals surface area contributed by atoms with E-state index in [2.05, 4.69) is 42.3 Å². The highest BCUT2D eigenvalue weighted by atomic mass is 16.5. The lowest BCUT2D eigenvalue weighted by Crippen LogP contribution is -2.56. The fourth-order valence-electron chi connectivity index (χ4n) is 7.76. The van der Waals surface area contributed by atoms with Crippen LogP contribution in [0.5, 0.6) is 11.5 Å². The molecule has 2 aliphatic carbocycles. The predicted octanol–water partition coefficient (Wildman–Crippen LogP) is 3.15. The largest absolute Gasteiger partial charge is 0.493 e. The van der Waals surface area contributed by atoms with E-state index in [1.54, 1.807) is 25.3 Å². The molecule has 7 rings (SSSR count). The topological polar surface area (TPSA) is 130 Å². The summed E-state index contributed by atoms with van der Waals surface area (Å²) in [7, 11) is 3.18. The number of fused-ring (bicyclic) bond motifs is 3. The van der Waals surface area contributed by atoms with Gasteiger partial charge >= 0.3 is 0 Å². The van der Waals surface area contributed by atoms with Crippen molar-refractivity contribution in [3.8, 4) is 11.5 Å². The highest BCUT2D eigenvalue weighted by Gasteiger charge is 2.41. The van der Waals surface area contributed by atoms with Crippen LogP contribution in [0.2, 0.25) is 0 Å². The van der Waals surface area contributed by atoms with Crippen molar-refractivity contribution in [3.63, 3.8) is 0 Å². The number of hydrogen-bond donors (Lipinski definition) is 3. The molecule has 11 nitrogen and oxygen atoms in total. The van der Waals surface area contributed by atoms with Gasteiger partial charge in [0.1, 0.15) is 6.33 Å². The number of nitrogens with one attached hydrogen (secondary N) is 1. The molecule has 11 heteroatoms. The Balaban J connectivity index is 1.05. The summed E-state index contributed by atoms with van der Waals surface area (Å²) < 4.78 is 10.9. The maximum absolute atomic E-state index is 6.79. The molecule has 42 heavy (non-hydrogen) atoms. The fraction of sp³-hybridized carbons (Fsp3) is 0.516. The molecule has 1 saturated heterocycles.